The second-order valence-electron chi connectivity index (χ2n) is 6.12. The van der Waals surface area contributed by atoms with Crippen LogP contribution in [0.1, 0.15) is 35.8 Å². The lowest BCUT2D eigenvalue weighted by molar-refractivity contribution is 0.102. The number of anilines is 1. The topological polar surface area (TPSA) is 115 Å². The third-order valence-electron chi connectivity index (χ3n) is 4.02. The number of nitrogens with zero attached hydrogens (tertiary/aromatic N) is 4. The average Bonchev–Trinajstić information content (AvgIpc) is 3.06. The standard InChI is InChI=1S/C16H18N6O3/c1-8(2)11-6-12(20-19-11)18-14(23)9-5-10-13(17-7-9)21(3)16(25)22(4)15(10)24/h5-8H,1-4H3,(H2,18,19,20,23). The van der Waals surface area contributed by atoms with Crippen molar-refractivity contribution in [3.63, 3.8) is 0 Å². The number of hydrogen-bond acceptors (Lipinski definition) is 5. The molecule has 0 atom stereocenters. The number of hydrogen-bond donors (Lipinski definition) is 2. The summed E-state index contributed by atoms with van der Waals surface area (Å²) in [7, 11) is 2.90. The molecule has 3 aromatic heterocycles. The molecule has 9 nitrogen and oxygen atoms in total. The Morgan fingerprint density at radius 3 is 2.56 bits per heavy atom. The number of aromatic nitrogens is 5. The van der Waals surface area contributed by atoms with Gasteiger partial charge in [-0.05, 0) is 12.0 Å². The molecule has 9 heteroatoms. The first-order chi connectivity index (χ1) is 11.8. The Morgan fingerprint density at radius 1 is 1.20 bits per heavy atom. The van der Waals surface area contributed by atoms with Crippen molar-refractivity contribution in [2.24, 2.45) is 14.1 Å². The Morgan fingerprint density at radius 2 is 1.92 bits per heavy atom. The first-order valence-corrected chi connectivity index (χ1v) is 7.72. The number of nitrogens with one attached hydrogen (secondary N) is 2. The van der Waals surface area contributed by atoms with Gasteiger partial charge in [0.05, 0.1) is 10.9 Å². The predicted octanol–water partition coefficient (Wildman–Crippen LogP) is 0.731. The Bertz CT molecular complexity index is 1090. The summed E-state index contributed by atoms with van der Waals surface area (Å²) >= 11 is 0. The molecule has 0 bridgehead atoms. The van der Waals surface area contributed by atoms with E-state index in [1.54, 1.807) is 6.07 Å². The molecule has 0 spiro atoms. The van der Waals surface area contributed by atoms with E-state index in [1.807, 2.05) is 13.8 Å². The first kappa shape index (κ1) is 16.6. The number of pyridine rings is 1. The molecule has 3 rings (SSSR count). The zero-order valence-corrected chi connectivity index (χ0v) is 14.3. The maximum Gasteiger partial charge on any atom is 0.332 e. The number of carbonyl (C=O) groups excluding carboxylic acids is 1. The van der Waals surface area contributed by atoms with E-state index in [-0.39, 0.29) is 22.5 Å². The maximum atomic E-state index is 12.4. The predicted molar refractivity (Wildman–Crippen MR) is 92.9 cm³/mol. The van der Waals surface area contributed by atoms with Crippen LogP contribution in [0.15, 0.2) is 27.9 Å². The molecule has 0 aliphatic rings. The van der Waals surface area contributed by atoms with Crippen molar-refractivity contribution in [1.82, 2.24) is 24.3 Å². The summed E-state index contributed by atoms with van der Waals surface area (Å²) in [6.45, 7) is 4.01. The monoisotopic (exact) mass is 342 g/mol. The van der Waals surface area contributed by atoms with Crippen LogP contribution in [0.25, 0.3) is 11.0 Å². The quantitative estimate of drug-likeness (QED) is 0.728. The van der Waals surface area contributed by atoms with Gasteiger partial charge in [0, 0.05) is 32.1 Å². The number of H-pyrrole nitrogens is 1. The Balaban J connectivity index is 1.99. The van der Waals surface area contributed by atoms with Gasteiger partial charge in [-0.15, -0.1) is 0 Å². The van der Waals surface area contributed by atoms with Crippen molar-refractivity contribution in [2.45, 2.75) is 19.8 Å². The van der Waals surface area contributed by atoms with Crippen LogP contribution in [0.2, 0.25) is 0 Å². The molecular formula is C16H18N6O3. The van der Waals surface area contributed by atoms with Crippen LogP contribution in [0.3, 0.4) is 0 Å². The molecule has 0 saturated carbocycles. The van der Waals surface area contributed by atoms with Crippen LogP contribution in [0, 0.1) is 0 Å². The van der Waals surface area contributed by atoms with Crippen molar-refractivity contribution >= 4 is 22.8 Å². The molecular weight excluding hydrogens is 324 g/mol. The van der Waals surface area contributed by atoms with Gasteiger partial charge < -0.3 is 5.32 Å². The van der Waals surface area contributed by atoms with E-state index in [2.05, 4.69) is 20.5 Å². The molecule has 1 amide bonds. The van der Waals surface area contributed by atoms with E-state index < -0.39 is 17.2 Å². The number of aryl methyl sites for hydroxylation is 1. The van der Waals surface area contributed by atoms with Gasteiger partial charge in [-0.1, -0.05) is 13.8 Å². The molecule has 130 valence electrons. The van der Waals surface area contributed by atoms with Gasteiger partial charge in [-0.2, -0.15) is 5.10 Å². The summed E-state index contributed by atoms with van der Waals surface area (Å²) in [5.41, 5.74) is 0.363. The van der Waals surface area contributed by atoms with Crippen LogP contribution in [-0.4, -0.2) is 30.2 Å². The number of aromatic amines is 1. The van der Waals surface area contributed by atoms with E-state index in [4.69, 9.17) is 0 Å². The highest BCUT2D eigenvalue weighted by Gasteiger charge is 2.15. The van der Waals surface area contributed by atoms with Gasteiger partial charge in [0.15, 0.2) is 5.82 Å². The van der Waals surface area contributed by atoms with Crippen molar-refractivity contribution in [2.75, 3.05) is 5.32 Å². The fourth-order valence-corrected chi connectivity index (χ4v) is 2.47. The fraction of sp³-hybridized carbons (Fsp3) is 0.312. The molecule has 25 heavy (non-hydrogen) atoms. The van der Waals surface area contributed by atoms with E-state index in [0.29, 0.717) is 5.82 Å². The van der Waals surface area contributed by atoms with Crippen molar-refractivity contribution in [3.8, 4) is 0 Å². The minimum absolute atomic E-state index is 0.196. The largest absolute Gasteiger partial charge is 0.332 e. The summed E-state index contributed by atoms with van der Waals surface area (Å²) < 4.78 is 2.25. The third kappa shape index (κ3) is 2.84. The molecule has 2 N–H and O–H groups in total. The zero-order valence-electron chi connectivity index (χ0n) is 14.3. The lowest BCUT2D eigenvalue weighted by atomic mass is 10.1. The van der Waals surface area contributed by atoms with Crippen LogP contribution in [0.4, 0.5) is 5.82 Å². The molecule has 0 saturated heterocycles. The molecule has 0 fully saturated rings. The van der Waals surface area contributed by atoms with Gasteiger partial charge >= 0.3 is 5.69 Å². The maximum absolute atomic E-state index is 12.4. The molecule has 3 heterocycles. The molecule has 0 aliphatic heterocycles. The summed E-state index contributed by atoms with van der Waals surface area (Å²) in [5, 5.41) is 9.74. The second kappa shape index (κ2) is 6.00. The Labute approximate surface area is 142 Å². The van der Waals surface area contributed by atoms with Gasteiger partial charge in [0.25, 0.3) is 11.5 Å². The van der Waals surface area contributed by atoms with E-state index in [9.17, 15) is 14.4 Å². The molecule has 3 aromatic rings. The normalized spacial score (nSPS) is 11.2. The van der Waals surface area contributed by atoms with E-state index in [0.717, 1.165) is 10.3 Å². The summed E-state index contributed by atoms with van der Waals surface area (Å²) in [5.74, 6) is 0.207. The van der Waals surface area contributed by atoms with Crippen LogP contribution in [-0.2, 0) is 14.1 Å². The lowest BCUT2D eigenvalue weighted by Crippen LogP contribution is -2.37. The summed E-state index contributed by atoms with van der Waals surface area (Å²) in [6, 6.07) is 3.18. The first-order valence-electron chi connectivity index (χ1n) is 7.72. The number of fused-ring (bicyclic) bond motifs is 1. The lowest BCUT2D eigenvalue weighted by Gasteiger charge is -2.08. The molecule has 0 aliphatic carbocycles. The Kier molecular flexibility index (Phi) is 3.99. The van der Waals surface area contributed by atoms with Crippen LogP contribution in [0.5, 0.6) is 0 Å². The van der Waals surface area contributed by atoms with Crippen molar-refractivity contribution < 1.29 is 4.79 Å². The van der Waals surface area contributed by atoms with E-state index >= 15 is 0 Å². The fourth-order valence-electron chi connectivity index (χ4n) is 2.47. The second-order valence-corrected chi connectivity index (χ2v) is 6.12. The SMILES string of the molecule is CC(C)c1cc(NC(=O)c2cnc3c(c2)c(=O)n(C)c(=O)n3C)n[nH]1. The highest BCUT2D eigenvalue weighted by Crippen LogP contribution is 2.16. The highest BCUT2D eigenvalue weighted by atomic mass is 16.2. The van der Waals surface area contributed by atoms with Gasteiger partial charge in [0.2, 0.25) is 0 Å². The minimum atomic E-state index is -0.498. The average molecular weight is 342 g/mol. The summed E-state index contributed by atoms with van der Waals surface area (Å²) in [4.78, 5) is 40.7. The molecule has 0 radical (unpaired) electrons. The number of amides is 1. The van der Waals surface area contributed by atoms with Crippen molar-refractivity contribution in [3.05, 3.63) is 50.4 Å². The minimum Gasteiger partial charge on any atom is -0.305 e. The summed E-state index contributed by atoms with van der Waals surface area (Å²) in [6.07, 6.45) is 1.33. The Hall–Kier alpha value is -3.23. The molecule has 0 unspecified atom stereocenters. The smallest absolute Gasteiger partial charge is 0.305 e. The highest BCUT2D eigenvalue weighted by molar-refractivity contribution is 6.05. The van der Waals surface area contributed by atoms with Crippen molar-refractivity contribution in [1.29, 1.82) is 0 Å². The number of carbonyl (C=O) groups is 1. The third-order valence-corrected chi connectivity index (χ3v) is 4.02. The van der Waals surface area contributed by atoms with Crippen LogP contribution < -0.4 is 16.6 Å². The van der Waals surface area contributed by atoms with E-state index in [1.165, 1.54) is 30.9 Å². The molecule has 0 aromatic carbocycles. The van der Waals surface area contributed by atoms with Gasteiger partial charge in [-0.3, -0.25) is 23.8 Å². The zero-order chi connectivity index (χ0) is 18.3. The van der Waals surface area contributed by atoms with Gasteiger partial charge in [0.1, 0.15) is 5.65 Å². The number of rotatable bonds is 3. The van der Waals surface area contributed by atoms with Gasteiger partial charge in [-0.25, -0.2) is 9.78 Å². The van der Waals surface area contributed by atoms with Crippen LogP contribution >= 0.6 is 0 Å².